The first kappa shape index (κ1) is 29.0. The van der Waals surface area contributed by atoms with Crippen molar-refractivity contribution in [2.45, 2.75) is 64.8 Å². The number of carboxylic acid groups (broad SMARTS) is 1. The van der Waals surface area contributed by atoms with Crippen LogP contribution in [0.1, 0.15) is 69.0 Å². The highest BCUT2D eigenvalue weighted by Gasteiger charge is 2.37. The van der Waals surface area contributed by atoms with Crippen LogP contribution in [-0.2, 0) is 4.79 Å². The number of aromatic nitrogens is 5. The van der Waals surface area contributed by atoms with Crippen LogP contribution in [0.2, 0.25) is 0 Å². The van der Waals surface area contributed by atoms with Crippen LogP contribution in [0.4, 0.5) is 0 Å². The molecule has 1 saturated carbocycles. The number of fused-ring (bicyclic) bond motifs is 1. The maximum atomic E-state index is 13.0. The van der Waals surface area contributed by atoms with E-state index in [0.29, 0.717) is 0 Å². The first-order valence-electron chi connectivity index (χ1n) is 12.8. The molecule has 38 heavy (non-hydrogen) atoms. The summed E-state index contributed by atoms with van der Waals surface area (Å²) in [6, 6.07) is 1.99. The van der Waals surface area contributed by atoms with E-state index in [1.165, 1.54) is 56.3 Å². The second-order valence-corrected chi connectivity index (χ2v) is 10.4. The number of quaternary nitrogens is 1. The quantitative estimate of drug-likeness (QED) is 0.119. The van der Waals surface area contributed by atoms with Crippen molar-refractivity contribution >= 4 is 29.4 Å². The predicted octanol–water partition coefficient (Wildman–Crippen LogP) is 2.82. The van der Waals surface area contributed by atoms with Gasteiger partial charge in [-0.15, -0.1) is 11.3 Å². The third-order valence-electron chi connectivity index (χ3n) is 7.03. The number of nitrogens with zero attached hydrogens (tertiary/aromatic N) is 2. The van der Waals surface area contributed by atoms with E-state index in [1.54, 1.807) is 6.20 Å². The maximum Gasteiger partial charge on any atom is 0.480 e. The second kappa shape index (κ2) is 13.8. The summed E-state index contributed by atoms with van der Waals surface area (Å²) in [5.74, 6) is 0.0307. The standard InChI is InChI=1S/C25H31N7OS.CH2O2.CH4/c1-2-3-6-9-28-25(7-4-5-8-25)17-27-24(33)22-10-18(16-34-22)21-14-31-32-15-20(11-26-23(21)32)19-12-29-30-13-19;2-1-3;/h10-16,28H,2-9,17H2,1H3,(H2,27,29,30,33);1H,(H,2,3);1H4/p+3. The number of unbranched alkanes of at least 4 members (excludes halogenated alkanes) is 2. The summed E-state index contributed by atoms with van der Waals surface area (Å²) in [5.41, 5.74) is 5.23. The van der Waals surface area contributed by atoms with Crippen molar-refractivity contribution in [2.75, 3.05) is 13.1 Å². The number of aromatic amines is 3. The molecule has 4 aromatic heterocycles. The molecule has 1 aliphatic rings. The number of H-pyrrole nitrogens is 3. The van der Waals surface area contributed by atoms with Gasteiger partial charge in [0.05, 0.1) is 30.4 Å². The Morgan fingerprint density at radius 2 is 2.08 bits per heavy atom. The van der Waals surface area contributed by atoms with E-state index >= 15 is 0 Å². The molecular weight excluding hydrogens is 502 g/mol. The Bertz CT molecular complexity index is 1290. The largest absolute Gasteiger partial charge is 0.483 e. The van der Waals surface area contributed by atoms with Crippen LogP contribution in [-0.4, -0.2) is 51.4 Å². The van der Waals surface area contributed by atoms with Gasteiger partial charge >= 0.3 is 5.65 Å². The van der Waals surface area contributed by atoms with Crippen molar-refractivity contribution in [1.29, 1.82) is 0 Å². The smallest absolute Gasteiger partial charge is 0.480 e. The molecule has 0 atom stereocenters. The third kappa shape index (κ3) is 6.84. The van der Waals surface area contributed by atoms with Crippen LogP contribution in [0.5, 0.6) is 0 Å². The van der Waals surface area contributed by atoms with Crippen LogP contribution >= 0.6 is 11.3 Å². The van der Waals surface area contributed by atoms with Gasteiger partial charge in [0.25, 0.3) is 12.4 Å². The zero-order chi connectivity index (χ0) is 26.1. The zero-order valence-corrected chi connectivity index (χ0v) is 21.9. The van der Waals surface area contributed by atoms with E-state index < -0.39 is 0 Å². The lowest BCUT2D eigenvalue weighted by molar-refractivity contribution is -0.724. The molecule has 0 spiro atoms. The van der Waals surface area contributed by atoms with Crippen LogP contribution in [0, 0.1) is 0 Å². The Morgan fingerprint density at radius 1 is 1.29 bits per heavy atom. The SMILES string of the molecule is C.CCCCC[NH2+]C1(CNC(=O)c2cc(-c3c[nH][n+]4cc(-c5cn[nH]c5)c[nH+]c34)cs2)CCCC1.O=CO. The molecular formula is C27H40N7O3S+3. The molecule has 0 aromatic carbocycles. The Labute approximate surface area is 226 Å². The molecule has 0 bridgehead atoms. The van der Waals surface area contributed by atoms with Gasteiger partial charge in [0, 0.05) is 30.2 Å². The third-order valence-corrected chi connectivity index (χ3v) is 7.96. The lowest BCUT2D eigenvalue weighted by Crippen LogP contribution is -2.98. The number of amides is 1. The molecule has 1 aliphatic carbocycles. The minimum atomic E-state index is -0.250. The van der Waals surface area contributed by atoms with Gasteiger partial charge in [-0.2, -0.15) is 15.2 Å². The molecule has 10 nitrogen and oxygen atoms in total. The van der Waals surface area contributed by atoms with Gasteiger partial charge in [-0.05, 0) is 41.6 Å². The monoisotopic (exact) mass is 542 g/mol. The van der Waals surface area contributed by atoms with Crippen molar-refractivity contribution in [3.8, 4) is 22.3 Å². The van der Waals surface area contributed by atoms with Crippen LogP contribution in [0.3, 0.4) is 0 Å². The first-order chi connectivity index (χ1) is 18.1. The number of thiophene rings is 1. The second-order valence-electron chi connectivity index (χ2n) is 9.52. The Balaban J connectivity index is 0.000000956. The fourth-order valence-electron chi connectivity index (χ4n) is 5.03. The number of carbonyl (C=O) groups is 2. The summed E-state index contributed by atoms with van der Waals surface area (Å²) in [7, 11) is 0. The Hall–Kier alpha value is -3.57. The van der Waals surface area contributed by atoms with E-state index in [2.05, 4.69) is 43.2 Å². The van der Waals surface area contributed by atoms with Crippen molar-refractivity contribution in [3.05, 3.63) is 47.3 Å². The molecule has 204 valence electrons. The van der Waals surface area contributed by atoms with Gasteiger partial charge in [-0.25, -0.2) is 0 Å². The highest BCUT2D eigenvalue weighted by atomic mass is 32.1. The average Bonchev–Trinajstić information content (AvgIpc) is 3.72. The number of nitrogens with two attached hydrogens (primary N) is 1. The molecule has 0 aliphatic heterocycles. The van der Waals surface area contributed by atoms with Gasteiger partial charge in [-0.3, -0.25) is 14.7 Å². The molecule has 11 heteroatoms. The van der Waals surface area contributed by atoms with E-state index in [9.17, 15) is 4.79 Å². The number of carbonyl (C=O) groups excluding carboxylic acids is 1. The van der Waals surface area contributed by atoms with Crippen LogP contribution in [0.25, 0.3) is 27.9 Å². The molecule has 0 radical (unpaired) electrons. The lowest BCUT2D eigenvalue weighted by Gasteiger charge is -2.27. The molecule has 4 heterocycles. The maximum absolute atomic E-state index is 13.0. The highest BCUT2D eigenvalue weighted by molar-refractivity contribution is 7.12. The highest BCUT2D eigenvalue weighted by Crippen LogP contribution is 2.28. The van der Waals surface area contributed by atoms with Crippen molar-refractivity contribution < 1.29 is 29.5 Å². The lowest BCUT2D eigenvalue weighted by atomic mass is 9.97. The molecule has 0 unspecified atom stereocenters. The van der Waals surface area contributed by atoms with Crippen molar-refractivity contribution in [1.82, 2.24) is 20.6 Å². The number of hydrogen-bond acceptors (Lipinski definition) is 4. The Morgan fingerprint density at radius 3 is 2.79 bits per heavy atom. The van der Waals surface area contributed by atoms with Crippen molar-refractivity contribution in [2.24, 2.45) is 0 Å². The van der Waals surface area contributed by atoms with Crippen molar-refractivity contribution in [3.63, 3.8) is 0 Å². The van der Waals surface area contributed by atoms with Gasteiger partial charge in [0.15, 0.2) is 11.8 Å². The number of hydrogen-bond donors (Lipinski definition) is 5. The topological polar surface area (TPSA) is 146 Å². The molecule has 7 N–H and O–H groups in total. The van der Waals surface area contributed by atoms with Gasteiger partial charge in [-0.1, -0.05) is 20.8 Å². The summed E-state index contributed by atoms with van der Waals surface area (Å²) < 4.78 is 1.95. The fraction of sp³-hybridized carbons (Fsp3) is 0.444. The Kier molecular flexibility index (Phi) is 10.5. The number of nitrogens with one attached hydrogen (secondary N) is 4. The summed E-state index contributed by atoms with van der Waals surface area (Å²) in [6.07, 6.45) is 18.3. The molecule has 4 aromatic rings. The summed E-state index contributed by atoms with van der Waals surface area (Å²) >= 11 is 1.50. The minimum Gasteiger partial charge on any atom is -0.483 e. The zero-order valence-electron chi connectivity index (χ0n) is 21.1. The minimum absolute atomic E-state index is 0. The average molecular weight is 543 g/mol. The summed E-state index contributed by atoms with van der Waals surface area (Å²) in [6.45, 7) is 3.90. The fourth-order valence-corrected chi connectivity index (χ4v) is 5.85. The van der Waals surface area contributed by atoms with Crippen LogP contribution < -0.4 is 20.1 Å². The summed E-state index contributed by atoms with van der Waals surface area (Å²) in [5, 5.41) is 24.8. The molecule has 0 saturated heterocycles. The summed E-state index contributed by atoms with van der Waals surface area (Å²) in [4.78, 5) is 25.5. The van der Waals surface area contributed by atoms with E-state index in [1.807, 2.05) is 35.4 Å². The molecule has 5 rings (SSSR count). The molecule has 1 fully saturated rings. The first-order valence-corrected chi connectivity index (χ1v) is 13.7. The van der Waals surface area contributed by atoms with E-state index in [-0.39, 0.29) is 25.3 Å². The van der Waals surface area contributed by atoms with E-state index in [0.717, 1.165) is 45.9 Å². The van der Waals surface area contributed by atoms with Gasteiger partial charge < -0.3 is 15.7 Å². The van der Waals surface area contributed by atoms with Crippen LogP contribution in [0.15, 0.2) is 42.4 Å². The van der Waals surface area contributed by atoms with Gasteiger partial charge in [0.1, 0.15) is 11.1 Å². The molecule has 1 amide bonds. The van der Waals surface area contributed by atoms with Gasteiger partial charge in [0.2, 0.25) is 6.20 Å². The van der Waals surface area contributed by atoms with E-state index in [4.69, 9.17) is 9.90 Å². The number of rotatable bonds is 10. The predicted molar refractivity (Wildman–Crippen MR) is 147 cm³/mol. The normalized spacial score (nSPS) is 13.9.